The summed E-state index contributed by atoms with van der Waals surface area (Å²) in [4.78, 5) is 8.87. The second-order valence-corrected chi connectivity index (χ2v) is 7.16. The molecule has 0 saturated carbocycles. The van der Waals surface area contributed by atoms with Crippen molar-refractivity contribution in [3.05, 3.63) is 90.4 Å². The lowest BCUT2D eigenvalue weighted by atomic mass is 10.1. The first-order chi connectivity index (χ1) is 14.5. The Bertz CT molecular complexity index is 1140. The predicted molar refractivity (Wildman–Crippen MR) is 117 cm³/mol. The lowest BCUT2D eigenvalue weighted by Gasteiger charge is -2.16. The number of aromatic nitrogens is 3. The van der Waals surface area contributed by atoms with Gasteiger partial charge in [-0.25, -0.2) is 9.37 Å². The normalized spacial score (nSPS) is 11.9. The average Bonchev–Trinajstić information content (AvgIpc) is 3.20. The molecule has 0 saturated heterocycles. The van der Waals surface area contributed by atoms with E-state index in [-0.39, 0.29) is 11.9 Å². The minimum atomic E-state index is -0.235. The van der Waals surface area contributed by atoms with Crippen molar-refractivity contribution in [2.24, 2.45) is 0 Å². The zero-order valence-corrected chi connectivity index (χ0v) is 17.1. The molecule has 0 radical (unpaired) electrons. The number of nitrogens with zero attached hydrogens (tertiary/aromatic N) is 3. The van der Waals surface area contributed by atoms with E-state index < -0.39 is 0 Å². The van der Waals surface area contributed by atoms with Crippen LogP contribution >= 0.6 is 0 Å². The van der Waals surface area contributed by atoms with Gasteiger partial charge in [-0.1, -0.05) is 18.2 Å². The maximum absolute atomic E-state index is 13.1. The Morgan fingerprint density at radius 2 is 1.83 bits per heavy atom. The van der Waals surface area contributed by atoms with Gasteiger partial charge >= 0.3 is 0 Å². The summed E-state index contributed by atoms with van der Waals surface area (Å²) in [5.41, 5.74) is 5.59. The molecule has 0 unspecified atom stereocenters. The Morgan fingerprint density at radius 3 is 2.47 bits per heavy atom. The van der Waals surface area contributed by atoms with Gasteiger partial charge in [0.25, 0.3) is 0 Å². The molecule has 30 heavy (non-hydrogen) atoms. The van der Waals surface area contributed by atoms with E-state index in [1.165, 1.54) is 12.1 Å². The van der Waals surface area contributed by atoms with Crippen LogP contribution in [-0.2, 0) is 0 Å². The summed E-state index contributed by atoms with van der Waals surface area (Å²) in [6, 6.07) is 16.5. The SMILES string of the molecule is COc1cc(-c2ccc(N[C@@H](C)c3ccc(F)cc3)cn2)ccc1-n1cnc(C)c1. The van der Waals surface area contributed by atoms with Crippen molar-refractivity contribution in [2.75, 3.05) is 12.4 Å². The molecule has 0 fully saturated rings. The molecule has 0 aliphatic carbocycles. The van der Waals surface area contributed by atoms with Crippen LogP contribution in [0.5, 0.6) is 5.75 Å². The van der Waals surface area contributed by atoms with Gasteiger partial charge in [0.15, 0.2) is 0 Å². The lowest BCUT2D eigenvalue weighted by Crippen LogP contribution is -2.06. The first-order valence-electron chi connectivity index (χ1n) is 9.71. The van der Waals surface area contributed by atoms with E-state index in [0.29, 0.717) is 0 Å². The largest absolute Gasteiger partial charge is 0.495 e. The third-order valence-electron chi connectivity index (χ3n) is 4.98. The van der Waals surface area contributed by atoms with Crippen LogP contribution in [-0.4, -0.2) is 21.6 Å². The summed E-state index contributed by atoms with van der Waals surface area (Å²) in [5.74, 6) is 0.514. The van der Waals surface area contributed by atoms with Gasteiger partial charge in [0.05, 0.1) is 42.4 Å². The highest BCUT2D eigenvalue weighted by Gasteiger charge is 2.10. The maximum Gasteiger partial charge on any atom is 0.143 e. The smallest absolute Gasteiger partial charge is 0.143 e. The summed E-state index contributed by atoms with van der Waals surface area (Å²) < 4.78 is 20.6. The fraction of sp³-hybridized carbons (Fsp3) is 0.167. The molecule has 6 heteroatoms. The number of hydrogen-bond acceptors (Lipinski definition) is 4. The summed E-state index contributed by atoms with van der Waals surface area (Å²) in [7, 11) is 1.66. The molecule has 5 nitrogen and oxygen atoms in total. The zero-order chi connectivity index (χ0) is 21.1. The third-order valence-corrected chi connectivity index (χ3v) is 4.98. The van der Waals surface area contributed by atoms with Crippen LogP contribution < -0.4 is 10.1 Å². The van der Waals surface area contributed by atoms with E-state index in [1.807, 2.05) is 54.9 Å². The molecule has 2 aromatic heterocycles. The molecule has 1 atom stereocenters. The van der Waals surface area contributed by atoms with Gasteiger partial charge in [0.1, 0.15) is 11.6 Å². The highest BCUT2D eigenvalue weighted by Crippen LogP contribution is 2.30. The highest BCUT2D eigenvalue weighted by molar-refractivity contribution is 5.66. The van der Waals surface area contributed by atoms with Crippen molar-refractivity contribution in [1.29, 1.82) is 0 Å². The van der Waals surface area contributed by atoms with Gasteiger partial charge in [-0.2, -0.15) is 0 Å². The van der Waals surface area contributed by atoms with E-state index in [2.05, 4.69) is 15.3 Å². The highest BCUT2D eigenvalue weighted by atomic mass is 19.1. The standard InChI is InChI=1S/C24H23FN4O/c1-16-14-29(15-27-16)23-11-6-19(12-24(23)30-3)22-10-9-21(13-26-22)28-17(2)18-4-7-20(25)8-5-18/h4-15,17,28H,1-3H3/t17-/m0/s1. The van der Waals surface area contributed by atoms with E-state index in [4.69, 9.17) is 4.74 Å². The van der Waals surface area contributed by atoms with E-state index in [9.17, 15) is 4.39 Å². The van der Waals surface area contributed by atoms with Gasteiger partial charge in [-0.15, -0.1) is 0 Å². The molecule has 0 bridgehead atoms. The van der Waals surface area contributed by atoms with Crippen molar-refractivity contribution in [2.45, 2.75) is 19.9 Å². The minimum absolute atomic E-state index is 0.0382. The fourth-order valence-corrected chi connectivity index (χ4v) is 3.34. The van der Waals surface area contributed by atoms with Crippen LogP contribution in [0.3, 0.4) is 0 Å². The Kier molecular flexibility index (Phi) is 5.48. The van der Waals surface area contributed by atoms with Crippen LogP contribution in [0.4, 0.5) is 10.1 Å². The Hall–Kier alpha value is -3.67. The maximum atomic E-state index is 13.1. The van der Waals surface area contributed by atoms with Crippen molar-refractivity contribution >= 4 is 5.69 Å². The number of aryl methyl sites for hydroxylation is 1. The van der Waals surface area contributed by atoms with Gasteiger partial charge in [0.2, 0.25) is 0 Å². The number of hydrogen-bond donors (Lipinski definition) is 1. The molecule has 0 spiro atoms. The molecule has 2 heterocycles. The summed E-state index contributed by atoms with van der Waals surface area (Å²) >= 11 is 0. The Morgan fingerprint density at radius 1 is 1.03 bits per heavy atom. The Balaban J connectivity index is 1.53. The molecule has 1 N–H and O–H groups in total. The Labute approximate surface area is 175 Å². The molecule has 4 aromatic rings. The number of nitrogens with one attached hydrogen (secondary N) is 1. The number of rotatable bonds is 6. The topological polar surface area (TPSA) is 52.0 Å². The van der Waals surface area contributed by atoms with Crippen LogP contribution in [0, 0.1) is 12.7 Å². The zero-order valence-electron chi connectivity index (χ0n) is 17.1. The molecule has 152 valence electrons. The van der Waals surface area contributed by atoms with Crippen molar-refractivity contribution in [1.82, 2.24) is 14.5 Å². The molecular weight excluding hydrogens is 379 g/mol. The number of methoxy groups -OCH3 is 1. The van der Waals surface area contributed by atoms with E-state index in [1.54, 1.807) is 31.8 Å². The van der Waals surface area contributed by atoms with E-state index >= 15 is 0 Å². The number of imidazole rings is 1. The molecule has 0 aliphatic heterocycles. The second kappa shape index (κ2) is 8.37. The molecular formula is C24H23FN4O. The first kappa shape index (κ1) is 19.6. The van der Waals surface area contributed by atoms with Crippen LogP contribution in [0.25, 0.3) is 16.9 Å². The molecule has 2 aromatic carbocycles. The van der Waals surface area contributed by atoms with Crippen molar-refractivity contribution < 1.29 is 9.13 Å². The van der Waals surface area contributed by atoms with Gasteiger partial charge in [0, 0.05) is 17.8 Å². The predicted octanol–water partition coefficient (Wildman–Crippen LogP) is 5.56. The third kappa shape index (κ3) is 4.17. The van der Waals surface area contributed by atoms with E-state index in [0.717, 1.165) is 39.6 Å². The monoisotopic (exact) mass is 402 g/mol. The number of halogens is 1. The van der Waals surface area contributed by atoms with Crippen molar-refractivity contribution in [3.63, 3.8) is 0 Å². The fourth-order valence-electron chi connectivity index (χ4n) is 3.34. The van der Waals surface area contributed by atoms with Gasteiger partial charge in [-0.3, -0.25) is 4.98 Å². The molecule has 0 aliphatic rings. The summed E-state index contributed by atoms with van der Waals surface area (Å²) in [6.45, 7) is 3.98. The van der Waals surface area contributed by atoms with Crippen LogP contribution in [0.15, 0.2) is 73.3 Å². The number of benzene rings is 2. The number of ether oxygens (including phenoxy) is 1. The van der Waals surface area contributed by atoms with Crippen molar-refractivity contribution in [3.8, 4) is 22.7 Å². The number of anilines is 1. The second-order valence-electron chi connectivity index (χ2n) is 7.16. The number of pyridine rings is 1. The van der Waals surface area contributed by atoms with Gasteiger partial charge in [-0.05, 0) is 55.8 Å². The minimum Gasteiger partial charge on any atom is -0.495 e. The van der Waals surface area contributed by atoms with Crippen LogP contribution in [0.1, 0.15) is 24.2 Å². The average molecular weight is 402 g/mol. The first-order valence-corrected chi connectivity index (χ1v) is 9.71. The van der Waals surface area contributed by atoms with Crippen LogP contribution in [0.2, 0.25) is 0 Å². The quantitative estimate of drug-likeness (QED) is 0.458. The molecule has 4 rings (SSSR count). The summed E-state index contributed by atoms with van der Waals surface area (Å²) in [5, 5.41) is 3.39. The molecule has 0 amide bonds. The van der Waals surface area contributed by atoms with Gasteiger partial charge < -0.3 is 14.6 Å². The lowest BCUT2D eigenvalue weighted by molar-refractivity contribution is 0.413. The summed E-state index contributed by atoms with van der Waals surface area (Å²) in [6.07, 6.45) is 5.53.